The maximum Gasteiger partial charge on any atom is 0.191 e. The van der Waals surface area contributed by atoms with Gasteiger partial charge in [0.15, 0.2) is 5.96 Å². The summed E-state index contributed by atoms with van der Waals surface area (Å²) in [6, 6.07) is 0. The topological polar surface area (TPSA) is 42.9 Å². The Morgan fingerprint density at radius 1 is 1.00 bits per heavy atom. The highest BCUT2D eigenvalue weighted by Crippen LogP contribution is 1.99. The number of hydrogen-bond donors (Lipinski definition) is 2. The fraction of sp³-hybridized carbons (Fsp3) is 0.923. The molecule has 0 aromatic heterocycles. The van der Waals surface area contributed by atoms with Gasteiger partial charge in [-0.15, -0.1) is 24.0 Å². The summed E-state index contributed by atoms with van der Waals surface area (Å²) in [5.74, 6) is 0.920. The molecule has 1 fully saturated rings. The van der Waals surface area contributed by atoms with Gasteiger partial charge in [-0.05, 0) is 13.0 Å². The van der Waals surface area contributed by atoms with Gasteiger partial charge in [0.2, 0.25) is 0 Å². The molecule has 0 radical (unpaired) electrons. The number of halogens is 1. The highest BCUT2D eigenvalue weighted by atomic mass is 127. The lowest BCUT2D eigenvalue weighted by Gasteiger charge is -2.34. The maximum absolute atomic E-state index is 4.20. The van der Waals surface area contributed by atoms with Crippen LogP contribution in [0.3, 0.4) is 0 Å². The van der Waals surface area contributed by atoms with Gasteiger partial charge in [0, 0.05) is 52.9 Å². The Labute approximate surface area is 135 Å². The van der Waals surface area contributed by atoms with Gasteiger partial charge in [-0.2, -0.15) is 0 Å². The van der Waals surface area contributed by atoms with Crippen LogP contribution in [0.15, 0.2) is 4.99 Å². The average molecular weight is 383 g/mol. The van der Waals surface area contributed by atoms with Crippen LogP contribution in [0.4, 0.5) is 0 Å². The molecule has 0 atom stereocenters. The van der Waals surface area contributed by atoms with Gasteiger partial charge in [-0.25, -0.2) is 0 Å². The lowest BCUT2D eigenvalue weighted by molar-refractivity contribution is 0.139. The fourth-order valence-corrected chi connectivity index (χ4v) is 2.13. The first kappa shape index (κ1) is 18.9. The number of nitrogens with one attached hydrogen (secondary N) is 2. The molecular formula is C13H30IN5. The van der Waals surface area contributed by atoms with E-state index < -0.39 is 0 Å². The first-order chi connectivity index (χ1) is 8.80. The summed E-state index contributed by atoms with van der Waals surface area (Å²) in [5, 5.41) is 6.65. The maximum atomic E-state index is 4.20. The number of nitrogens with zero attached hydrogens (tertiary/aromatic N) is 3. The van der Waals surface area contributed by atoms with E-state index in [1.807, 2.05) is 7.05 Å². The van der Waals surface area contributed by atoms with Gasteiger partial charge in [0.05, 0.1) is 0 Å². The molecule has 0 bridgehead atoms. The van der Waals surface area contributed by atoms with E-state index in [-0.39, 0.29) is 24.0 Å². The van der Waals surface area contributed by atoms with Gasteiger partial charge >= 0.3 is 0 Å². The van der Waals surface area contributed by atoms with Crippen molar-refractivity contribution in [3.05, 3.63) is 0 Å². The number of rotatable bonds is 6. The molecule has 5 nitrogen and oxygen atoms in total. The summed E-state index contributed by atoms with van der Waals surface area (Å²) < 4.78 is 0. The third kappa shape index (κ3) is 7.94. The van der Waals surface area contributed by atoms with E-state index in [2.05, 4.69) is 39.3 Å². The summed E-state index contributed by atoms with van der Waals surface area (Å²) in [4.78, 5) is 9.23. The highest BCUT2D eigenvalue weighted by molar-refractivity contribution is 14.0. The smallest absolute Gasteiger partial charge is 0.191 e. The van der Waals surface area contributed by atoms with Gasteiger partial charge in [-0.1, -0.05) is 13.8 Å². The molecule has 1 aliphatic rings. The van der Waals surface area contributed by atoms with Crippen LogP contribution in [0.5, 0.6) is 0 Å². The van der Waals surface area contributed by atoms with E-state index in [4.69, 9.17) is 0 Å². The molecule has 0 aromatic rings. The molecule has 0 saturated carbocycles. The summed E-state index contributed by atoms with van der Waals surface area (Å²) >= 11 is 0. The number of hydrogen-bond acceptors (Lipinski definition) is 3. The predicted molar refractivity (Wildman–Crippen MR) is 93.6 cm³/mol. The van der Waals surface area contributed by atoms with E-state index in [0.717, 1.165) is 32.0 Å². The third-order valence-corrected chi connectivity index (χ3v) is 3.40. The van der Waals surface area contributed by atoms with E-state index in [1.54, 1.807) is 0 Å². The lowest BCUT2D eigenvalue weighted by Crippen LogP contribution is -2.49. The molecule has 2 N–H and O–H groups in total. The van der Waals surface area contributed by atoms with Crippen LogP contribution in [-0.2, 0) is 0 Å². The second kappa shape index (κ2) is 11.7. The molecule has 1 saturated heterocycles. The Hall–Kier alpha value is -0.0800. The van der Waals surface area contributed by atoms with Crippen molar-refractivity contribution in [2.24, 2.45) is 4.99 Å². The van der Waals surface area contributed by atoms with Crippen molar-refractivity contribution in [1.29, 1.82) is 0 Å². The number of aliphatic imine (C=N–C) groups is 1. The first-order valence-corrected chi connectivity index (χ1v) is 7.19. The first-order valence-electron chi connectivity index (χ1n) is 7.19. The van der Waals surface area contributed by atoms with Crippen molar-refractivity contribution in [2.75, 3.05) is 59.4 Å². The Kier molecular flexibility index (Phi) is 11.7. The van der Waals surface area contributed by atoms with Crippen LogP contribution in [0.1, 0.15) is 20.3 Å². The largest absolute Gasteiger partial charge is 0.356 e. The number of piperazine rings is 1. The summed E-state index contributed by atoms with van der Waals surface area (Å²) in [6.45, 7) is 13.4. The average Bonchev–Trinajstić information content (AvgIpc) is 2.43. The second-order valence-electron chi connectivity index (χ2n) is 4.70. The summed E-state index contributed by atoms with van der Waals surface area (Å²) in [5.41, 5.74) is 0. The Morgan fingerprint density at radius 3 is 2.11 bits per heavy atom. The van der Waals surface area contributed by atoms with Crippen molar-refractivity contribution < 1.29 is 0 Å². The zero-order valence-corrected chi connectivity index (χ0v) is 14.9. The summed E-state index contributed by atoms with van der Waals surface area (Å²) in [6.07, 6.45) is 1.12. The minimum Gasteiger partial charge on any atom is -0.356 e. The van der Waals surface area contributed by atoms with Crippen LogP contribution >= 0.6 is 24.0 Å². The number of likely N-dealkylation sites (N-methyl/N-ethyl adjacent to an activating group) is 1. The van der Waals surface area contributed by atoms with Crippen molar-refractivity contribution in [1.82, 2.24) is 20.4 Å². The molecule has 0 spiro atoms. The zero-order valence-electron chi connectivity index (χ0n) is 12.6. The van der Waals surface area contributed by atoms with E-state index in [1.165, 1.54) is 32.7 Å². The van der Waals surface area contributed by atoms with E-state index in [9.17, 15) is 0 Å². The van der Waals surface area contributed by atoms with Gasteiger partial charge in [0.25, 0.3) is 0 Å². The minimum absolute atomic E-state index is 0. The Bertz CT molecular complexity index is 239. The molecular weight excluding hydrogens is 353 g/mol. The second-order valence-corrected chi connectivity index (χ2v) is 4.70. The van der Waals surface area contributed by atoms with Crippen molar-refractivity contribution >= 4 is 29.9 Å². The predicted octanol–water partition coefficient (Wildman–Crippen LogP) is 0.817. The van der Waals surface area contributed by atoms with Crippen LogP contribution < -0.4 is 10.6 Å². The summed E-state index contributed by atoms with van der Waals surface area (Å²) in [7, 11) is 1.82. The quantitative estimate of drug-likeness (QED) is 0.405. The molecule has 0 aromatic carbocycles. The molecule has 0 aliphatic carbocycles. The van der Waals surface area contributed by atoms with Crippen molar-refractivity contribution in [3.8, 4) is 0 Å². The van der Waals surface area contributed by atoms with Gasteiger partial charge in [-0.3, -0.25) is 9.89 Å². The van der Waals surface area contributed by atoms with E-state index in [0.29, 0.717) is 0 Å². The van der Waals surface area contributed by atoms with Gasteiger partial charge < -0.3 is 15.5 Å². The SMILES string of the molecule is CCCNC(=NC)NCCN1CCN(CC)CC1.I. The molecule has 1 heterocycles. The Balaban J connectivity index is 0.00000324. The molecule has 1 aliphatic heterocycles. The Morgan fingerprint density at radius 2 is 1.58 bits per heavy atom. The molecule has 1 rings (SSSR count). The van der Waals surface area contributed by atoms with Crippen LogP contribution in [0, 0.1) is 0 Å². The van der Waals surface area contributed by atoms with Crippen molar-refractivity contribution in [3.63, 3.8) is 0 Å². The van der Waals surface area contributed by atoms with Gasteiger partial charge in [0.1, 0.15) is 0 Å². The fourth-order valence-electron chi connectivity index (χ4n) is 2.13. The standard InChI is InChI=1S/C13H29N5.HI/c1-4-6-15-13(14-3)16-7-8-18-11-9-17(5-2)10-12-18;/h4-12H2,1-3H3,(H2,14,15,16);1H. The van der Waals surface area contributed by atoms with Crippen molar-refractivity contribution in [2.45, 2.75) is 20.3 Å². The third-order valence-electron chi connectivity index (χ3n) is 3.40. The highest BCUT2D eigenvalue weighted by Gasteiger charge is 2.14. The van der Waals surface area contributed by atoms with Crippen LogP contribution in [-0.4, -0.2) is 75.2 Å². The van der Waals surface area contributed by atoms with E-state index >= 15 is 0 Å². The monoisotopic (exact) mass is 383 g/mol. The minimum atomic E-state index is 0. The van der Waals surface area contributed by atoms with Crippen LogP contribution in [0.25, 0.3) is 0 Å². The molecule has 0 unspecified atom stereocenters. The number of guanidine groups is 1. The molecule has 6 heteroatoms. The van der Waals surface area contributed by atoms with Crippen LogP contribution in [0.2, 0.25) is 0 Å². The molecule has 114 valence electrons. The normalized spacial score (nSPS) is 17.9. The lowest BCUT2D eigenvalue weighted by atomic mass is 10.3. The zero-order chi connectivity index (χ0) is 13.2. The molecule has 19 heavy (non-hydrogen) atoms. The molecule has 0 amide bonds.